The molecule has 0 fully saturated rings. The average Bonchev–Trinajstić information content (AvgIpc) is 2.28. The topological polar surface area (TPSA) is 75.1 Å². The molecule has 0 bridgehead atoms. The van der Waals surface area contributed by atoms with E-state index in [1.165, 1.54) is 5.56 Å². The van der Waals surface area contributed by atoms with Gasteiger partial charge in [-0.05, 0) is 34.4 Å². The lowest BCUT2D eigenvalue weighted by molar-refractivity contribution is 0.209. The summed E-state index contributed by atoms with van der Waals surface area (Å²) in [5, 5.41) is 2.97. The largest absolute Gasteiger partial charge is 0.421 e. The van der Waals surface area contributed by atoms with Crippen LogP contribution in [0.25, 0.3) is 10.4 Å². The van der Waals surface area contributed by atoms with E-state index < -0.39 is 6.09 Å². The van der Waals surface area contributed by atoms with Gasteiger partial charge in [-0.3, -0.25) is 0 Å². The maximum Gasteiger partial charge on any atom is 0.402 e. The van der Waals surface area contributed by atoms with Gasteiger partial charge >= 0.3 is 6.09 Å². The maximum atomic E-state index is 11.5. The van der Waals surface area contributed by atoms with E-state index in [1.54, 1.807) is 0 Å². The minimum absolute atomic E-state index is 0.00188. The fraction of sp³-hybridized carbons (Fsp3) is 0.562. The Morgan fingerprint density at radius 1 is 1.14 bits per heavy atom. The predicted molar refractivity (Wildman–Crippen MR) is 83.7 cm³/mol. The molecule has 0 aliphatic heterocycles. The number of hydrogen-bond donors (Lipinski definition) is 0. The van der Waals surface area contributed by atoms with Crippen molar-refractivity contribution in [1.82, 2.24) is 0 Å². The molecule has 0 N–H and O–H groups in total. The van der Waals surface area contributed by atoms with E-state index in [1.807, 2.05) is 13.0 Å². The molecule has 1 aromatic rings. The quantitative estimate of drug-likeness (QED) is 0.394. The molecule has 0 radical (unpaired) electrons. The predicted octanol–water partition coefficient (Wildman–Crippen LogP) is 5.40. The van der Waals surface area contributed by atoms with Crippen molar-refractivity contribution in [1.29, 1.82) is 0 Å². The Morgan fingerprint density at radius 3 is 2.14 bits per heavy atom. The number of amides is 1. The zero-order valence-corrected chi connectivity index (χ0v) is 13.8. The Kier molecular flexibility index (Phi) is 4.69. The molecule has 1 aromatic carbocycles. The average molecular weight is 289 g/mol. The van der Waals surface area contributed by atoms with Crippen LogP contribution in [0.4, 0.5) is 4.79 Å². The van der Waals surface area contributed by atoms with Gasteiger partial charge in [0.15, 0.2) is 0 Å². The molecule has 1 rings (SSSR count). The van der Waals surface area contributed by atoms with Gasteiger partial charge in [-0.25, -0.2) is 4.79 Å². The fourth-order valence-corrected chi connectivity index (χ4v) is 2.04. The van der Waals surface area contributed by atoms with Gasteiger partial charge in [0.1, 0.15) is 5.75 Å². The normalized spacial score (nSPS) is 11.8. The third-order valence-electron chi connectivity index (χ3n) is 3.26. The van der Waals surface area contributed by atoms with Gasteiger partial charge in [0.05, 0.1) is 0 Å². The fourth-order valence-electron chi connectivity index (χ4n) is 2.04. The van der Waals surface area contributed by atoms with Crippen molar-refractivity contribution in [2.24, 2.45) is 5.11 Å². The van der Waals surface area contributed by atoms with Gasteiger partial charge in [-0.2, -0.15) is 0 Å². The lowest BCUT2D eigenvalue weighted by atomic mass is 9.79. The highest BCUT2D eigenvalue weighted by Crippen LogP contribution is 2.38. The van der Waals surface area contributed by atoms with Crippen molar-refractivity contribution in [3.8, 4) is 5.75 Å². The van der Waals surface area contributed by atoms with Crippen LogP contribution >= 0.6 is 0 Å². The summed E-state index contributed by atoms with van der Waals surface area (Å²) >= 11 is 0. The SMILES string of the molecule is Cc1cc(C(C)(C)C)cc(C(C)(C)C)c1OC(=O)N=[N+]=[N-]. The molecule has 0 heterocycles. The molecule has 0 aliphatic carbocycles. The number of benzene rings is 1. The highest BCUT2D eigenvalue weighted by molar-refractivity contribution is 5.72. The second-order valence-electron chi connectivity index (χ2n) is 7.23. The van der Waals surface area contributed by atoms with Crippen LogP contribution in [0.1, 0.15) is 58.2 Å². The van der Waals surface area contributed by atoms with E-state index in [0.29, 0.717) is 5.75 Å². The van der Waals surface area contributed by atoms with E-state index >= 15 is 0 Å². The molecule has 0 atom stereocenters. The highest BCUT2D eigenvalue weighted by atomic mass is 16.6. The summed E-state index contributed by atoms with van der Waals surface area (Å²) in [5.74, 6) is 0.480. The molecule has 0 spiro atoms. The summed E-state index contributed by atoms with van der Waals surface area (Å²) < 4.78 is 5.25. The minimum Gasteiger partial charge on any atom is -0.421 e. The molecule has 5 nitrogen and oxygen atoms in total. The van der Waals surface area contributed by atoms with Crippen LogP contribution in [0.5, 0.6) is 5.75 Å². The molecular weight excluding hydrogens is 266 g/mol. The first-order chi connectivity index (χ1) is 9.46. The summed E-state index contributed by atoms with van der Waals surface area (Å²) in [6.07, 6.45) is -0.936. The number of nitrogens with zero attached hydrogens (tertiary/aromatic N) is 3. The lowest BCUT2D eigenvalue weighted by Crippen LogP contribution is -2.19. The Labute approximate surface area is 125 Å². The van der Waals surface area contributed by atoms with Crippen LogP contribution in [-0.2, 0) is 10.8 Å². The van der Waals surface area contributed by atoms with Crippen LogP contribution in [0.3, 0.4) is 0 Å². The Morgan fingerprint density at radius 2 is 1.71 bits per heavy atom. The molecule has 0 aliphatic rings. The van der Waals surface area contributed by atoms with E-state index in [9.17, 15) is 4.79 Å². The Balaban J connectivity index is 3.49. The molecule has 0 aromatic heterocycles. The van der Waals surface area contributed by atoms with E-state index in [4.69, 9.17) is 10.3 Å². The van der Waals surface area contributed by atoms with Crippen LogP contribution in [0, 0.1) is 6.92 Å². The standard InChI is InChI=1S/C16H23N3O2/c1-10-8-11(15(2,3)4)9-12(16(5,6)7)13(10)21-14(20)18-19-17/h8-9H,1-7H3. The monoisotopic (exact) mass is 289 g/mol. The number of carbonyl (C=O) groups excluding carboxylic acids is 1. The highest BCUT2D eigenvalue weighted by Gasteiger charge is 2.25. The van der Waals surface area contributed by atoms with Gasteiger partial charge < -0.3 is 4.74 Å². The first-order valence-corrected chi connectivity index (χ1v) is 6.89. The Hall–Kier alpha value is -2.00. The van der Waals surface area contributed by atoms with Gasteiger partial charge in [-0.1, -0.05) is 53.7 Å². The number of aryl methyl sites for hydroxylation is 1. The van der Waals surface area contributed by atoms with Crippen LogP contribution in [-0.4, -0.2) is 6.09 Å². The van der Waals surface area contributed by atoms with Gasteiger partial charge in [0.2, 0.25) is 0 Å². The van der Waals surface area contributed by atoms with E-state index in [2.05, 4.69) is 57.6 Å². The van der Waals surface area contributed by atoms with Crippen LogP contribution in [0.2, 0.25) is 0 Å². The minimum atomic E-state index is -0.936. The zero-order valence-electron chi connectivity index (χ0n) is 13.8. The smallest absolute Gasteiger partial charge is 0.402 e. The molecule has 5 heteroatoms. The number of carbonyl (C=O) groups is 1. The first-order valence-electron chi connectivity index (χ1n) is 6.89. The summed E-state index contributed by atoms with van der Waals surface area (Å²) in [4.78, 5) is 13.9. The first kappa shape index (κ1) is 17.1. The van der Waals surface area contributed by atoms with Gasteiger partial charge in [0.25, 0.3) is 0 Å². The summed E-state index contributed by atoms with van der Waals surface area (Å²) in [6, 6.07) is 4.07. The number of azide groups is 1. The number of hydrogen-bond acceptors (Lipinski definition) is 2. The van der Waals surface area contributed by atoms with Gasteiger partial charge in [-0.15, -0.1) is 0 Å². The summed E-state index contributed by atoms with van der Waals surface area (Å²) in [6.45, 7) is 14.5. The van der Waals surface area contributed by atoms with Crippen molar-refractivity contribution in [3.63, 3.8) is 0 Å². The third kappa shape index (κ3) is 4.23. The lowest BCUT2D eigenvalue weighted by Gasteiger charge is -2.28. The number of rotatable bonds is 1. The molecule has 0 saturated heterocycles. The van der Waals surface area contributed by atoms with Crippen molar-refractivity contribution in [2.75, 3.05) is 0 Å². The molecule has 1 amide bonds. The van der Waals surface area contributed by atoms with Crippen molar-refractivity contribution >= 4 is 6.09 Å². The molecule has 0 unspecified atom stereocenters. The van der Waals surface area contributed by atoms with Crippen molar-refractivity contribution < 1.29 is 9.53 Å². The molecular formula is C16H23N3O2. The molecule has 21 heavy (non-hydrogen) atoms. The maximum absolute atomic E-state index is 11.5. The third-order valence-corrected chi connectivity index (χ3v) is 3.26. The van der Waals surface area contributed by atoms with Gasteiger partial charge in [0, 0.05) is 15.6 Å². The Bertz CT molecular complexity index is 601. The van der Waals surface area contributed by atoms with Crippen LogP contribution < -0.4 is 4.74 Å². The summed E-state index contributed by atoms with van der Waals surface area (Å²) in [7, 11) is 0. The second-order valence-corrected chi connectivity index (χ2v) is 7.23. The molecule has 0 saturated carbocycles. The second kappa shape index (κ2) is 5.78. The summed E-state index contributed by atoms with van der Waals surface area (Å²) in [5.41, 5.74) is 11.1. The molecule has 114 valence electrons. The van der Waals surface area contributed by atoms with Crippen LogP contribution in [0.15, 0.2) is 17.2 Å². The zero-order chi connectivity index (χ0) is 16.4. The van der Waals surface area contributed by atoms with E-state index in [0.717, 1.165) is 11.1 Å². The number of ether oxygens (including phenoxy) is 1. The van der Waals surface area contributed by atoms with Crippen molar-refractivity contribution in [3.05, 3.63) is 39.3 Å². The van der Waals surface area contributed by atoms with E-state index in [-0.39, 0.29) is 10.8 Å². The van der Waals surface area contributed by atoms with Crippen molar-refractivity contribution in [2.45, 2.75) is 59.3 Å².